The number of para-hydroxylation sites is 2. The Balaban J connectivity index is 0.000000254. The molecule has 0 aliphatic carbocycles. The molecule has 420 valence electrons. The highest BCUT2D eigenvalue weighted by Crippen LogP contribution is 2.36. The number of rotatable bonds is 22. The standard InChI is InChI=1S/C25H26FNO7S.C12H10FNO.C11H14O6S.C8H8O3/c1-18(28)27(23-16-20(26)9-11-25(23)34-21-7-5-4-6-8-21)17-19-15-22(31-2)10-12-24(19)32-13-14-33-35(3,29)30;13-9-6-7-12(11(14)8-9)15-10-4-2-1-3-5-10;1-15-10-3-4-11(9(7-10)8-12)16-5-6-17-18(2,13)14;1-11-7-2-3-8(10)6(4-7)5-9/h4-12,15-16H,13-14,17H2,1-3H3;1-8H,14H2;3-4,7-8H,5-6H2,1-2H3;2-5,10H,1H3. The van der Waals surface area contributed by atoms with Crippen molar-refractivity contribution in [3.63, 3.8) is 0 Å². The fourth-order valence-electron chi connectivity index (χ4n) is 6.42. The van der Waals surface area contributed by atoms with Crippen molar-refractivity contribution < 1.29 is 86.6 Å². The van der Waals surface area contributed by atoms with Crippen LogP contribution in [0.2, 0.25) is 0 Å². The van der Waals surface area contributed by atoms with Crippen molar-refractivity contribution in [3.8, 4) is 57.5 Å². The lowest BCUT2D eigenvalue weighted by atomic mass is 10.1. The number of carbonyl (C=O) groups excluding carboxylic acids is 3. The predicted octanol–water partition coefficient (Wildman–Crippen LogP) is 9.81. The van der Waals surface area contributed by atoms with Crippen LogP contribution in [0.1, 0.15) is 33.2 Å². The Labute approximate surface area is 456 Å². The first kappa shape index (κ1) is 62.8. The van der Waals surface area contributed by atoms with Crippen molar-refractivity contribution in [1.29, 1.82) is 0 Å². The maximum Gasteiger partial charge on any atom is 0.264 e. The summed E-state index contributed by atoms with van der Waals surface area (Å²) in [5.74, 6) is 3.02. The molecule has 0 aliphatic heterocycles. The summed E-state index contributed by atoms with van der Waals surface area (Å²) in [5, 5.41) is 9.04. The number of phenolic OH excluding ortho intramolecular Hbond substituents is 1. The number of methoxy groups -OCH3 is 3. The van der Waals surface area contributed by atoms with E-state index in [2.05, 4.69) is 4.18 Å². The Kier molecular flexibility index (Phi) is 25.0. The van der Waals surface area contributed by atoms with E-state index in [0.717, 1.165) is 12.5 Å². The van der Waals surface area contributed by atoms with Gasteiger partial charge in [-0.1, -0.05) is 36.4 Å². The van der Waals surface area contributed by atoms with Gasteiger partial charge >= 0.3 is 0 Å². The molecule has 0 saturated carbocycles. The zero-order valence-corrected chi connectivity index (χ0v) is 45.3. The zero-order chi connectivity index (χ0) is 58.0. The van der Waals surface area contributed by atoms with Crippen LogP contribution in [-0.4, -0.2) is 101 Å². The minimum absolute atomic E-state index is 0.00338. The Hall–Kier alpha value is -8.77. The van der Waals surface area contributed by atoms with Crippen LogP contribution < -0.4 is 43.8 Å². The number of hydrogen-bond donors (Lipinski definition) is 2. The van der Waals surface area contributed by atoms with Crippen LogP contribution in [0, 0.1) is 11.6 Å². The Morgan fingerprint density at radius 1 is 0.544 bits per heavy atom. The van der Waals surface area contributed by atoms with Gasteiger partial charge in [-0.05, 0) is 103 Å². The fraction of sp³-hybridized carbons (Fsp3) is 0.196. The van der Waals surface area contributed by atoms with Crippen molar-refractivity contribution in [2.24, 2.45) is 0 Å². The van der Waals surface area contributed by atoms with Crippen LogP contribution in [0.5, 0.6) is 57.5 Å². The van der Waals surface area contributed by atoms with Crippen molar-refractivity contribution in [2.45, 2.75) is 13.5 Å². The lowest BCUT2D eigenvalue weighted by Crippen LogP contribution is -2.28. The maximum atomic E-state index is 14.2. The highest BCUT2D eigenvalue weighted by Gasteiger charge is 2.21. The van der Waals surface area contributed by atoms with Gasteiger partial charge < -0.3 is 48.9 Å². The molecule has 7 aromatic rings. The minimum atomic E-state index is -3.60. The van der Waals surface area contributed by atoms with Crippen LogP contribution in [0.15, 0.2) is 152 Å². The normalized spacial score (nSPS) is 10.6. The van der Waals surface area contributed by atoms with Crippen LogP contribution in [0.3, 0.4) is 0 Å². The molecule has 23 heteroatoms. The molecule has 0 spiro atoms. The molecule has 0 heterocycles. The maximum absolute atomic E-state index is 14.2. The second-order valence-electron chi connectivity index (χ2n) is 16.0. The molecule has 0 saturated heterocycles. The lowest BCUT2D eigenvalue weighted by Gasteiger charge is -2.25. The van der Waals surface area contributed by atoms with E-state index in [0.29, 0.717) is 81.1 Å². The largest absolute Gasteiger partial charge is 0.507 e. The number of hydrogen-bond acceptors (Lipinski definition) is 18. The number of carbonyl (C=O) groups is 3. The number of phenols is 1. The number of aromatic hydroxyl groups is 1. The lowest BCUT2D eigenvalue weighted by molar-refractivity contribution is -0.116. The number of amides is 1. The van der Waals surface area contributed by atoms with Gasteiger partial charge in [0.15, 0.2) is 24.1 Å². The van der Waals surface area contributed by atoms with E-state index in [1.165, 1.54) is 87.8 Å². The predicted molar refractivity (Wildman–Crippen MR) is 291 cm³/mol. The molecule has 7 rings (SSSR count). The van der Waals surface area contributed by atoms with Gasteiger partial charge in [-0.2, -0.15) is 16.8 Å². The van der Waals surface area contributed by atoms with E-state index >= 15 is 0 Å². The third-order valence-electron chi connectivity index (χ3n) is 10.1. The van der Waals surface area contributed by atoms with Gasteiger partial charge in [-0.3, -0.25) is 22.7 Å². The molecule has 0 bridgehead atoms. The van der Waals surface area contributed by atoms with Crippen molar-refractivity contribution in [3.05, 3.63) is 180 Å². The van der Waals surface area contributed by atoms with E-state index in [1.807, 2.05) is 36.4 Å². The average molecular weight is 1130 g/mol. The number of ether oxygens (including phenoxy) is 7. The highest BCUT2D eigenvalue weighted by molar-refractivity contribution is 7.86. The van der Waals surface area contributed by atoms with Gasteiger partial charge in [0.25, 0.3) is 20.2 Å². The quantitative estimate of drug-likeness (QED) is 0.0277. The summed E-state index contributed by atoms with van der Waals surface area (Å²) in [4.78, 5) is 35.2. The zero-order valence-electron chi connectivity index (χ0n) is 43.7. The number of benzene rings is 7. The summed E-state index contributed by atoms with van der Waals surface area (Å²) in [5.41, 5.74) is 7.24. The topological polar surface area (TPSA) is 252 Å². The van der Waals surface area contributed by atoms with Gasteiger partial charge in [-0.25, -0.2) is 8.78 Å². The number of aldehydes is 2. The molecule has 1 amide bonds. The minimum Gasteiger partial charge on any atom is -0.507 e. The molecule has 3 N–H and O–H groups in total. The van der Waals surface area contributed by atoms with E-state index in [1.54, 1.807) is 60.7 Å². The number of anilines is 2. The first-order valence-electron chi connectivity index (χ1n) is 23.3. The van der Waals surface area contributed by atoms with E-state index in [4.69, 9.17) is 48.2 Å². The van der Waals surface area contributed by atoms with Gasteiger partial charge in [0.1, 0.15) is 84.1 Å². The number of nitrogens with two attached hydrogens (primary N) is 1. The highest BCUT2D eigenvalue weighted by atomic mass is 32.2. The average Bonchev–Trinajstić information content (AvgIpc) is 3.44. The molecule has 0 aromatic heterocycles. The molecule has 0 radical (unpaired) electrons. The van der Waals surface area contributed by atoms with Gasteiger partial charge in [0.05, 0.1) is 62.9 Å². The first-order valence-corrected chi connectivity index (χ1v) is 26.9. The van der Waals surface area contributed by atoms with Crippen molar-refractivity contribution >= 4 is 50.1 Å². The van der Waals surface area contributed by atoms with Crippen LogP contribution in [0.4, 0.5) is 20.2 Å². The first-order chi connectivity index (χ1) is 37.6. The van der Waals surface area contributed by atoms with Crippen LogP contribution in [0.25, 0.3) is 0 Å². The summed E-state index contributed by atoms with van der Waals surface area (Å²) >= 11 is 0. The second-order valence-corrected chi connectivity index (χ2v) is 19.3. The van der Waals surface area contributed by atoms with Crippen molar-refractivity contribution in [1.82, 2.24) is 0 Å². The third kappa shape index (κ3) is 22.4. The molecule has 0 unspecified atom stereocenters. The number of nitrogen functional groups attached to an aromatic ring is 1. The van der Waals surface area contributed by atoms with E-state index in [-0.39, 0.29) is 61.7 Å². The molecule has 79 heavy (non-hydrogen) atoms. The Morgan fingerprint density at radius 2 is 0.987 bits per heavy atom. The van der Waals surface area contributed by atoms with Crippen molar-refractivity contribution in [2.75, 3.05) is 70.9 Å². The summed E-state index contributed by atoms with van der Waals surface area (Å²) in [6.07, 6.45) is 3.12. The monoisotopic (exact) mass is 1130 g/mol. The number of nitrogens with zero attached hydrogens (tertiary/aromatic N) is 1. The van der Waals surface area contributed by atoms with Crippen LogP contribution >= 0.6 is 0 Å². The number of halogens is 2. The summed E-state index contributed by atoms with van der Waals surface area (Å²) < 4.78 is 117. The molecular weight excluding hydrogens is 1070 g/mol. The van der Waals surface area contributed by atoms with Gasteiger partial charge in [0.2, 0.25) is 5.91 Å². The smallest absolute Gasteiger partial charge is 0.264 e. The fourth-order valence-corrected chi connectivity index (χ4v) is 7.16. The van der Waals surface area contributed by atoms with Crippen LogP contribution in [-0.2, 0) is 39.9 Å². The molecule has 0 fully saturated rings. The molecule has 0 atom stereocenters. The molecule has 7 aromatic carbocycles. The Bertz CT molecular complexity index is 3320. The van der Waals surface area contributed by atoms with Gasteiger partial charge in [-0.15, -0.1) is 0 Å². The molecular formula is C56H58F2N2O17S2. The third-order valence-corrected chi connectivity index (χ3v) is 11.3. The summed E-state index contributed by atoms with van der Waals surface area (Å²) in [7, 11) is -2.58. The van der Waals surface area contributed by atoms with E-state index < -0.39 is 26.1 Å². The van der Waals surface area contributed by atoms with Gasteiger partial charge in [0, 0.05) is 24.6 Å². The summed E-state index contributed by atoms with van der Waals surface area (Å²) in [6, 6.07) is 40.4. The summed E-state index contributed by atoms with van der Waals surface area (Å²) in [6.45, 7) is 1.05. The Morgan fingerprint density at radius 3 is 1.48 bits per heavy atom. The second kappa shape index (κ2) is 31.5. The molecule has 19 nitrogen and oxygen atoms in total. The van der Waals surface area contributed by atoms with E-state index in [9.17, 15) is 40.0 Å². The molecule has 0 aliphatic rings. The SMILES string of the molecule is COc1ccc(O)c(C=O)c1.COc1ccc(OCCOS(C)(=O)=O)c(C=O)c1.COc1ccc(OCCOS(C)(=O)=O)c(CN(C(C)=O)c2cc(F)ccc2Oc2ccccc2)c1.Nc1cc(F)ccc1Oc1ccccc1.